The van der Waals surface area contributed by atoms with E-state index in [-0.39, 0.29) is 0 Å². The number of likely N-dealkylation sites (tertiary alicyclic amines) is 1. The van der Waals surface area contributed by atoms with Crippen LogP contribution >= 0.6 is 0 Å². The lowest BCUT2D eigenvalue weighted by Gasteiger charge is -2.30. The van der Waals surface area contributed by atoms with E-state index in [0.29, 0.717) is 12.1 Å². The van der Waals surface area contributed by atoms with Gasteiger partial charge < -0.3 is 4.74 Å². The molecule has 1 aromatic heterocycles. The lowest BCUT2D eigenvalue weighted by Crippen LogP contribution is -2.27. The van der Waals surface area contributed by atoms with Crippen molar-refractivity contribution in [2.24, 2.45) is 0 Å². The Morgan fingerprint density at radius 1 is 1.19 bits per heavy atom. The first-order valence-electron chi connectivity index (χ1n) is 7.60. The predicted octanol–water partition coefficient (Wildman–Crippen LogP) is 3.99. The molecule has 21 heavy (non-hydrogen) atoms. The zero-order valence-corrected chi connectivity index (χ0v) is 12.7. The lowest BCUT2D eigenvalue weighted by atomic mass is 10.0. The molecular weight excluding hydrogens is 260 g/mol. The number of ether oxygens (including phenoxy) is 1. The molecule has 0 N–H and O–H groups in total. The maximum Gasteiger partial charge on any atom is 0.118 e. The highest BCUT2D eigenvalue weighted by Gasteiger charge is 2.30. The van der Waals surface area contributed by atoms with Gasteiger partial charge in [0.1, 0.15) is 5.75 Å². The van der Waals surface area contributed by atoms with E-state index < -0.39 is 0 Å². The van der Waals surface area contributed by atoms with Gasteiger partial charge in [0, 0.05) is 12.2 Å². The fourth-order valence-corrected chi connectivity index (χ4v) is 3.22. The van der Waals surface area contributed by atoms with Gasteiger partial charge in [-0.25, -0.2) is 0 Å². The van der Waals surface area contributed by atoms with E-state index in [1.807, 2.05) is 24.4 Å². The Hall–Kier alpha value is -1.87. The summed E-state index contributed by atoms with van der Waals surface area (Å²) in [7, 11) is 1.70. The highest BCUT2D eigenvalue weighted by Crippen LogP contribution is 2.37. The van der Waals surface area contributed by atoms with Gasteiger partial charge in [0.15, 0.2) is 0 Å². The molecule has 1 saturated heterocycles. The zero-order valence-electron chi connectivity index (χ0n) is 12.7. The Bertz CT molecular complexity index is 568. The summed E-state index contributed by atoms with van der Waals surface area (Å²) in [5.41, 5.74) is 2.52. The van der Waals surface area contributed by atoms with Crippen LogP contribution < -0.4 is 4.74 Å². The van der Waals surface area contributed by atoms with Gasteiger partial charge in [0.05, 0.1) is 18.8 Å². The second-order valence-electron chi connectivity index (χ2n) is 5.60. The van der Waals surface area contributed by atoms with Crippen LogP contribution in [0.4, 0.5) is 0 Å². The van der Waals surface area contributed by atoms with Crippen molar-refractivity contribution in [2.75, 3.05) is 13.7 Å². The quantitative estimate of drug-likeness (QED) is 0.848. The molecule has 2 heterocycles. The summed E-state index contributed by atoms with van der Waals surface area (Å²) < 4.78 is 5.24. The summed E-state index contributed by atoms with van der Waals surface area (Å²) in [4.78, 5) is 7.11. The fourth-order valence-electron chi connectivity index (χ4n) is 3.22. The number of hydrogen-bond acceptors (Lipinski definition) is 3. The Labute approximate surface area is 126 Å². The summed E-state index contributed by atoms with van der Waals surface area (Å²) in [6.07, 6.45) is 4.32. The van der Waals surface area contributed by atoms with Gasteiger partial charge in [0.2, 0.25) is 0 Å². The topological polar surface area (TPSA) is 25.4 Å². The van der Waals surface area contributed by atoms with Gasteiger partial charge >= 0.3 is 0 Å². The van der Waals surface area contributed by atoms with Crippen molar-refractivity contribution in [3.05, 3.63) is 59.9 Å². The van der Waals surface area contributed by atoms with E-state index in [2.05, 4.69) is 41.1 Å². The van der Waals surface area contributed by atoms with Crippen molar-refractivity contribution < 1.29 is 4.74 Å². The zero-order chi connectivity index (χ0) is 14.7. The minimum Gasteiger partial charge on any atom is -0.497 e. The summed E-state index contributed by atoms with van der Waals surface area (Å²) in [5.74, 6) is 0.911. The number of methoxy groups -OCH3 is 1. The Kier molecular flexibility index (Phi) is 4.20. The van der Waals surface area contributed by atoms with Gasteiger partial charge in [-0.2, -0.15) is 0 Å². The summed E-state index contributed by atoms with van der Waals surface area (Å²) in [5, 5.41) is 0. The minimum atomic E-state index is 0.394. The van der Waals surface area contributed by atoms with Crippen LogP contribution in [-0.4, -0.2) is 23.5 Å². The van der Waals surface area contributed by atoms with Crippen molar-refractivity contribution in [1.29, 1.82) is 0 Å². The first-order valence-corrected chi connectivity index (χ1v) is 7.60. The molecule has 0 unspecified atom stereocenters. The number of benzene rings is 1. The van der Waals surface area contributed by atoms with E-state index in [1.165, 1.54) is 24.1 Å². The predicted molar refractivity (Wildman–Crippen MR) is 84.3 cm³/mol. The number of rotatable bonds is 4. The molecule has 0 radical (unpaired) electrons. The van der Waals surface area contributed by atoms with Crippen LogP contribution in [0.25, 0.3) is 0 Å². The van der Waals surface area contributed by atoms with E-state index in [9.17, 15) is 0 Å². The molecule has 1 aromatic carbocycles. The highest BCUT2D eigenvalue weighted by molar-refractivity contribution is 5.29. The molecule has 3 rings (SSSR count). The molecule has 1 aliphatic heterocycles. The van der Waals surface area contributed by atoms with Gasteiger partial charge in [0.25, 0.3) is 0 Å². The SMILES string of the molecule is COc1ccc([C@H](C)N2CCC[C@@H]2c2ccccn2)cc1. The largest absolute Gasteiger partial charge is 0.497 e. The molecule has 0 saturated carbocycles. The molecule has 0 bridgehead atoms. The first kappa shape index (κ1) is 14.1. The Morgan fingerprint density at radius 3 is 2.67 bits per heavy atom. The van der Waals surface area contributed by atoms with E-state index in [4.69, 9.17) is 4.74 Å². The van der Waals surface area contributed by atoms with Gasteiger partial charge in [-0.1, -0.05) is 18.2 Å². The van der Waals surface area contributed by atoms with Crippen LogP contribution in [0.5, 0.6) is 5.75 Å². The molecule has 0 amide bonds. The molecule has 0 aliphatic carbocycles. The third-order valence-corrected chi connectivity index (χ3v) is 4.42. The maximum absolute atomic E-state index is 5.24. The summed E-state index contributed by atoms with van der Waals surface area (Å²) in [6.45, 7) is 3.41. The van der Waals surface area contributed by atoms with Crippen LogP contribution in [0.15, 0.2) is 48.7 Å². The van der Waals surface area contributed by atoms with Gasteiger partial charge in [-0.15, -0.1) is 0 Å². The third-order valence-electron chi connectivity index (χ3n) is 4.42. The Balaban J connectivity index is 1.80. The third kappa shape index (κ3) is 2.93. The van der Waals surface area contributed by atoms with Crippen LogP contribution in [0.2, 0.25) is 0 Å². The smallest absolute Gasteiger partial charge is 0.118 e. The number of hydrogen-bond donors (Lipinski definition) is 0. The van der Waals surface area contributed by atoms with Gasteiger partial charge in [-0.05, 0) is 56.1 Å². The van der Waals surface area contributed by atoms with Gasteiger partial charge in [-0.3, -0.25) is 9.88 Å². The van der Waals surface area contributed by atoms with E-state index >= 15 is 0 Å². The van der Waals surface area contributed by atoms with Crippen LogP contribution in [0, 0.1) is 0 Å². The van der Waals surface area contributed by atoms with Crippen molar-refractivity contribution in [3.63, 3.8) is 0 Å². The molecule has 0 spiro atoms. The Morgan fingerprint density at radius 2 is 2.00 bits per heavy atom. The van der Waals surface area contributed by atoms with Crippen molar-refractivity contribution in [3.8, 4) is 5.75 Å². The molecular formula is C18H22N2O. The van der Waals surface area contributed by atoms with Crippen molar-refractivity contribution >= 4 is 0 Å². The molecule has 2 aromatic rings. The lowest BCUT2D eigenvalue weighted by molar-refractivity contribution is 0.191. The molecule has 3 nitrogen and oxygen atoms in total. The number of pyridine rings is 1. The molecule has 1 aliphatic rings. The molecule has 1 fully saturated rings. The number of aromatic nitrogens is 1. The molecule has 2 atom stereocenters. The van der Waals surface area contributed by atoms with Crippen molar-refractivity contribution in [1.82, 2.24) is 9.88 Å². The summed E-state index contributed by atoms with van der Waals surface area (Å²) in [6, 6.07) is 15.4. The fraction of sp³-hybridized carbons (Fsp3) is 0.389. The average molecular weight is 282 g/mol. The summed E-state index contributed by atoms with van der Waals surface area (Å²) >= 11 is 0. The van der Waals surface area contributed by atoms with Crippen LogP contribution in [0.3, 0.4) is 0 Å². The van der Waals surface area contributed by atoms with Crippen molar-refractivity contribution in [2.45, 2.75) is 31.8 Å². The normalized spacial score (nSPS) is 20.4. The maximum atomic E-state index is 5.24. The van der Waals surface area contributed by atoms with Crippen LogP contribution in [0.1, 0.15) is 43.1 Å². The second kappa shape index (κ2) is 6.27. The van der Waals surface area contributed by atoms with E-state index in [1.54, 1.807) is 7.11 Å². The standard InChI is InChI=1S/C18H22N2O/c1-14(15-8-10-16(21-2)11-9-15)20-13-5-7-18(20)17-6-3-4-12-19-17/h3-4,6,8-12,14,18H,5,7,13H2,1-2H3/t14-,18+/m0/s1. The average Bonchev–Trinajstić information content (AvgIpc) is 3.04. The molecule has 110 valence electrons. The van der Waals surface area contributed by atoms with E-state index in [0.717, 1.165) is 12.3 Å². The number of nitrogens with zero attached hydrogens (tertiary/aromatic N) is 2. The first-order chi connectivity index (χ1) is 10.3. The second-order valence-corrected chi connectivity index (χ2v) is 5.60. The monoisotopic (exact) mass is 282 g/mol. The highest BCUT2D eigenvalue weighted by atomic mass is 16.5. The molecule has 3 heteroatoms. The minimum absolute atomic E-state index is 0.394. The van der Waals surface area contributed by atoms with Crippen LogP contribution in [-0.2, 0) is 0 Å².